The van der Waals surface area contributed by atoms with Crippen molar-refractivity contribution >= 4 is 28.3 Å². The highest BCUT2D eigenvalue weighted by molar-refractivity contribution is 9.10. The van der Waals surface area contributed by atoms with Crippen molar-refractivity contribution < 1.29 is 5.11 Å². The molecule has 1 aromatic carbocycles. The van der Waals surface area contributed by atoms with E-state index in [0.29, 0.717) is 0 Å². The van der Waals surface area contributed by atoms with Crippen molar-refractivity contribution in [1.82, 2.24) is 0 Å². The molecule has 0 spiro atoms. The van der Waals surface area contributed by atoms with Gasteiger partial charge in [-0.2, -0.15) is 0 Å². The van der Waals surface area contributed by atoms with Gasteiger partial charge in [0, 0.05) is 16.1 Å². The molecule has 1 atom stereocenters. The van der Waals surface area contributed by atoms with Crippen LogP contribution in [0.1, 0.15) is 29.7 Å². The van der Waals surface area contributed by atoms with E-state index in [4.69, 9.17) is 5.73 Å². The Morgan fingerprint density at radius 3 is 2.36 bits per heavy atom. The first-order valence-corrected chi connectivity index (χ1v) is 4.98. The standard InChI is InChI=1S/C10H14BrNO.ClH/c1-5-4-8(13)9(7(3)12)6(2)10(5)11;/h4,7,13H,12H2,1-3H3;1H/t7-;/m0./s1. The summed E-state index contributed by atoms with van der Waals surface area (Å²) in [5.41, 5.74) is 8.62. The number of halogens is 2. The van der Waals surface area contributed by atoms with Crippen molar-refractivity contribution in [2.24, 2.45) is 5.73 Å². The molecule has 0 aromatic heterocycles. The van der Waals surface area contributed by atoms with Gasteiger partial charge < -0.3 is 10.8 Å². The summed E-state index contributed by atoms with van der Waals surface area (Å²) in [5, 5.41) is 9.67. The monoisotopic (exact) mass is 279 g/mol. The van der Waals surface area contributed by atoms with Gasteiger partial charge in [-0.15, -0.1) is 12.4 Å². The van der Waals surface area contributed by atoms with Crippen molar-refractivity contribution in [3.63, 3.8) is 0 Å². The van der Waals surface area contributed by atoms with Gasteiger partial charge in [0.05, 0.1) is 0 Å². The summed E-state index contributed by atoms with van der Waals surface area (Å²) in [6.45, 7) is 5.76. The lowest BCUT2D eigenvalue weighted by atomic mass is 9.99. The van der Waals surface area contributed by atoms with Crippen LogP contribution in [0.2, 0.25) is 0 Å². The second-order valence-electron chi connectivity index (χ2n) is 3.35. The van der Waals surface area contributed by atoms with Crippen LogP contribution < -0.4 is 5.73 Å². The minimum Gasteiger partial charge on any atom is -0.508 e. The second kappa shape index (κ2) is 5.01. The highest BCUT2D eigenvalue weighted by atomic mass is 79.9. The van der Waals surface area contributed by atoms with Crippen LogP contribution in [0.5, 0.6) is 5.75 Å². The maximum atomic E-state index is 9.67. The van der Waals surface area contributed by atoms with Crippen LogP contribution in [-0.4, -0.2) is 5.11 Å². The molecule has 14 heavy (non-hydrogen) atoms. The summed E-state index contributed by atoms with van der Waals surface area (Å²) >= 11 is 3.47. The summed E-state index contributed by atoms with van der Waals surface area (Å²) in [5.74, 6) is 0.285. The molecule has 0 aliphatic heterocycles. The normalized spacial score (nSPS) is 12.1. The number of hydrogen-bond acceptors (Lipinski definition) is 2. The van der Waals surface area contributed by atoms with E-state index in [1.165, 1.54) is 0 Å². The molecule has 80 valence electrons. The number of nitrogens with two attached hydrogens (primary N) is 1. The fourth-order valence-corrected chi connectivity index (χ4v) is 1.86. The molecule has 0 bridgehead atoms. The van der Waals surface area contributed by atoms with Crippen LogP contribution in [0.4, 0.5) is 0 Å². The molecule has 0 heterocycles. The van der Waals surface area contributed by atoms with E-state index >= 15 is 0 Å². The number of benzene rings is 1. The highest BCUT2D eigenvalue weighted by Crippen LogP contribution is 2.33. The Balaban J connectivity index is 0.00000169. The Morgan fingerprint density at radius 1 is 1.43 bits per heavy atom. The molecule has 0 saturated heterocycles. The predicted molar refractivity (Wildman–Crippen MR) is 65.1 cm³/mol. The number of rotatable bonds is 1. The third-order valence-corrected chi connectivity index (χ3v) is 3.38. The van der Waals surface area contributed by atoms with Gasteiger partial charge >= 0.3 is 0 Å². The molecule has 0 aliphatic rings. The number of phenolic OH excluding ortho intramolecular Hbond substituents is 1. The first kappa shape index (κ1) is 13.8. The van der Waals surface area contributed by atoms with Crippen LogP contribution in [0.25, 0.3) is 0 Å². The fraction of sp³-hybridized carbons (Fsp3) is 0.400. The zero-order valence-corrected chi connectivity index (χ0v) is 10.9. The number of hydrogen-bond donors (Lipinski definition) is 2. The Labute approximate surface area is 99.0 Å². The quantitative estimate of drug-likeness (QED) is 0.830. The molecule has 0 radical (unpaired) electrons. The minimum absolute atomic E-state index is 0. The van der Waals surface area contributed by atoms with Crippen molar-refractivity contribution in [3.05, 3.63) is 27.2 Å². The molecule has 0 unspecified atom stereocenters. The molecule has 1 rings (SSSR count). The van der Waals surface area contributed by atoms with Crippen LogP contribution in [-0.2, 0) is 0 Å². The maximum Gasteiger partial charge on any atom is 0.120 e. The van der Waals surface area contributed by atoms with E-state index in [1.54, 1.807) is 6.07 Å². The van der Waals surface area contributed by atoms with Crippen molar-refractivity contribution in [2.45, 2.75) is 26.8 Å². The number of aryl methyl sites for hydroxylation is 1. The van der Waals surface area contributed by atoms with Crippen molar-refractivity contribution in [1.29, 1.82) is 0 Å². The van der Waals surface area contributed by atoms with Gasteiger partial charge in [0.25, 0.3) is 0 Å². The summed E-state index contributed by atoms with van der Waals surface area (Å²) in [7, 11) is 0. The summed E-state index contributed by atoms with van der Waals surface area (Å²) < 4.78 is 1.03. The van der Waals surface area contributed by atoms with Crippen LogP contribution >= 0.6 is 28.3 Å². The molecule has 0 fully saturated rings. The van der Waals surface area contributed by atoms with E-state index in [2.05, 4.69) is 15.9 Å². The minimum atomic E-state index is -0.142. The molecule has 4 heteroatoms. The maximum absolute atomic E-state index is 9.67. The van der Waals surface area contributed by atoms with E-state index in [0.717, 1.165) is 21.2 Å². The summed E-state index contributed by atoms with van der Waals surface area (Å²) in [6, 6.07) is 1.59. The SMILES string of the molecule is Cc1cc(O)c([C@H](C)N)c(C)c1Br.Cl. The van der Waals surface area contributed by atoms with E-state index in [1.807, 2.05) is 20.8 Å². The first-order valence-electron chi connectivity index (χ1n) is 4.19. The highest BCUT2D eigenvalue weighted by Gasteiger charge is 2.13. The van der Waals surface area contributed by atoms with Crippen molar-refractivity contribution in [2.75, 3.05) is 0 Å². The lowest BCUT2D eigenvalue weighted by Gasteiger charge is -2.15. The van der Waals surface area contributed by atoms with Gasteiger partial charge in [-0.05, 0) is 38.0 Å². The third kappa shape index (κ3) is 2.41. The van der Waals surface area contributed by atoms with Gasteiger partial charge in [0.1, 0.15) is 5.75 Å². The first-order chi connectivity index (χ1) is 5.95. The molecule has 0 aliphatic carbocycles. The van der Waals surface area contributed by atoms with Gasteiger partial charge in [-0.25, -0.2) is 0 Å². The molecular formula is C10H15BrClNO. The average Bonchev–Trinajstić information content (AvgIpc) is 1.99. The summed E-state index contributed by atoms with van der Waals surface area (Å²) in [6.07, 6.45) is 0. The molecule has 0 amide bonds. The zero-order chi connectivity index (χ0) is 10.2. The molecule has 1 aromatic rings. The second-order valence-corrected chi connectivity index (χ2v) is 4.15. The van der Waals surface area contributed by atoms with Crippen molar-refractivity contribution in [3.8, 4) is 5.75 Å². The number of aromatic hydroxyl groups is 1. The Kier molecular flexibility index (Phi) is 4.92. The largest absolute Gasteiger partial charge is 0.508 e. The molecular weight excluding hydrogens is 265 g/mol. The van der Waals surface area contributed by atoms with Crippen LogP contribution in [0, 0.1) is 13.8 Å². The average molecular weight is 281 g/mol. The lowest BCUT2D eigenvalue weighted by molar-refractivity contribution is 0.462. The molecule has 0 saturated carbocycles. The number of phenols is 1. The van der Waals surface area contributed by atoms with Gasteiger partial charge in [-0.3, -0.25) is 0 Å². The zero-order valence-electron chi connectivity index (χ0n) is 8.47. The van der Waals surface area contributed by atoms with E-state index < -0.39 is 0 Å². The summed E-state index contributed by atoms with van der Waals surface area (Å²) in [4.78, 5) is 0. The predicted octanol–water partition coefficient (Wildman–Crippen LogP) is 3.21. The van der Waals surface area contributed by atoms with Crippen LogP contribution in [0.3, 0.4) is 0 Å². The Hall–Kier alpha value is -0.250. The third-order valence-electron chi connectivity index (χ3n) is 2.16. The Morgan fingerprint density at radius 2 is 1.93 bits per heavy atom. The lowest BCUT2D eigenvalue weighted by Crippen LogP contribution is -2.08. The van der Waals surface area contributed by atoms with E-state index in [-0.39, 0.29) is 24.2 Å². The fourth-order valence-electron chi connectivity index (χ4n) is 1.53. The van der Waals surface area contributed by atoms with Gasteiger partial charge in [0.2, 0.25) is 0 Å². The van der Waals surface area contributed by atoms with Crippen LogP contribution in [0.15, 0.2) is 10.5 Å². The molecule has 2 nitrogen and oxygen atoms in total. The van der Waals surface area contributed by atoms with Gasteiger partial charge in [-0.1, -0.05) is 15.9 Å². The van der Waals surface area contributed by atoms with E-state index in [9.17, 15) is 5.11 Å². The Bertz CT molecular complexity index is 339. The topological polar surface area (TPSA) is 46.2 Å². The van der Waals surface area contributed by atoms with Gasteiger partial charge in [0.15, 0.2) is 0 Å². The smallest absolute Gasteiger partial charge is 0.120 e. The molecule has 3 N–H and O–H groups in total.